The molecule has 146 valence electrons. The van der Waals surface area contributed by atoms with Crippen molar-refractivity contribution in [2.75, 3.05) is 20.1 Å². The number of aromatic hydroxyl groups is 2. The lowest BCUT2D eigenvalue weighted by Gasteiger charge is -2.34. The van der Waals surface area contributed by atoms with Gasteiger partial charge in [-0.25, -0.2) is 0 Å². The van der Waals surface area contributed by atoms with Crippen LogP contribution in [0.25, 0.3) is 22.3 Å². The number of likely N-dealkylation sites (N-methyl/N-ethyl adjacent to an activating group) is 1. The van der Waals surface area contributed by atoms with E-state index in [4.69, 9.17) is 16.0 Å². The molecule has 8 heteroatoms. The number of phenols is 2. The molecule has 0 spiro atoms. The van der Waals surface area contributed by atoms with Crippen LogP contribution in [0, 0.1) is 0 Å². The molecule has 2 atom stereocenters. The fourth-order valence-corrected chi connectivity index (χ4v) is 4.00. The number of β-amino-alcohol motifs (C(OH)–C–C–N with tert-alkyl or cyclic N) is 1. The van der Waals surface area contributed by atoms with Crippen molar-refractivity contribution in [2.45, 2.75) is 18.4 Å². The van der Waals surface area contributed by atoms with Crippen LogP contribution < -0.4 is 5.43 Å². The number of pyridine rings is 1. The van der Waals surface area contributed by atoms with Gasteiger partial charge in [0.15, 0.2) is 5.43 Å². The van der Waals surface area contributed by atoms with E-state index < -0.39 is 17.5 Å². The van der Waals surface area contributed by atoms with Crippen molar-refractivity contribution in [3.8, 4) is 22.8 Å². The monoisotopic (exact) mass is 402 g/mol. The highest BCUT2D eigenvalue weighted by Gasteiger charge is 2.33. The Bertz CT molecular complexity index is 1110. The second-order valence-corrected chi connectivity index (χ2v) is 7.49. The van der Waals surface area contributed by atoms with E-state index in [1.54, 1.807) is 6.07 Å². The number of benzene rings is 1. The molecule has 4 rings (SSSR count). The SMILES string of the molecule is CN1CC[C@H](c2c(O)cc(O)c3c(=O)cc(-c4cnccc4Cl)oc23)[C@H](O)C1. The molecule has 1 saturated heterocycles. The molecule has 0 aliphatic carbocycles. The Labute approximate surface area is 165 Å². The lowest BCUT2D eigenvalue weighted by atomic mass is 9.85. The summed E-state index contributed by atoms with van der Waals surface area (Å²) in [5.74, 6) is -0.876. The molecule has 1 aromatic carbocycles. The van der Waals surface area contributed by atoms with Gasteiger partial charge >= 0.3 is 0 Å². The van der Waals surface area contributed by atoms with Gasteiger partial charge in [-0.1, -0.05) is 11.6 Å². The van der Waals surface area contributed by atoms with E-state index in [-0.39, 0.29) is 28.2 Å². The number of aromatic nitrogens is 1. The largest absolute Gasteiger partial charge is 0.507 e. The van der Waals surface area contributed by atoms with Gasteiger partial charge in [-0.15, -0.1) is 0 Å². The van der Waals surface area contributed by atoms with Gasteiger partial charge in [-0.05, 0) is 26.1 Å². The molecule has 3 aromatic rings. The number of likely N-dealkylation sites (tertiary alicyclic amines) is 1. The van der Waals surface area contributed by atoms with E-state index in [1.165, 1.54) is 18.5 Å². The minimum Gasteiger partial charge on any atom is -0.507 e. The van der Waals surface area contributed by atoms with Gasteiger partial charge < -0.3 is 24.6 Å². The molecular weight excluding hydrogens is 384 g/mol. The van der Waals surface area contributed by atoms with Crippen molar-refractivity contribution in [1.29, 1.82) is 0 Å². The van der Waals surface area contributed by atoms with Crippen molar-refractivity contribution < 1.29 is 19.7 Å². The zero-order valence-electron chi connectivity index (χ0n) is 15.1. The van der Waals surface area contributed by atoms with Crippen LogP contribution in [0.15, 0.2) is 39.8 Å². The predicted molar refractivity (Wildman–Crippen MR) is 105 cm³/mol. The number of hydrogen-bond donors (Lipinski definition) is 3. The normalized spacial score (nSPS) is 20.5. The number of nitrogens with zero attached hydrogens (tertiary/aromatic N) is 2. The van der Waals surface area contributed by atoms with Crippen LogP contribution in [0.2, 0.25) is 5.02 Å². The van der Waals surface area contributed by atoms with Gasteiger partial charge in [0.2, 0.25) is 0 Å². The van der Waals surface area contributed by atoms with Crippen molar-refractivity contribution in [3.63, 3.8) is 0 Å². The Morgan fingerprint density at radius 3 is 2.79 bits per heavy atom. The minimum atomic E-state index is -0.756. The highest BCUT2D eigenvalue weighted by molar-refractivity contribution is 6.33. The molecule has 3 heterocycles. The third-order valence-electron chi connectivity index (χ3n) is 5.19. The number of piperidine rings is 1. The summed E-state index contributed by atoms with van der Waals surface area (Å²) in [4.78, 5) is 18.7. The van der Waals surface area contributed by atoms with Crippen molar-refractivity contribution in [2.24, 2.45) is 0 Å². The Hall–Kier alpha value is -2.61. The zero-order valence-corrected chi connectivity index (χ0v) is 15.8. The first-order valence-electron chi connectivity index (χ1n) is 8.86. The van der Waals surface area contributed by atoms with Crippen molar-refractivity contribution in [3.05, 3.63) is 51.4 Å². The Morgan fingerprint density at radius 1 is 1.29 bits per heavy atom. The molecule has 0 radical (unpaired) electrons. The van der Waals surface area contributed by atoms with Crippen LogP contribution in [0.1, 0.15) is 17.9 Å². The molecule has 28 heavy (non-hydrogen) atoms. The fraction of sp³-hybridized carbons (Fsp3) is 0.300. The maximum absolute atomic E-state index is 12.7. The van der Waals surface area contributed by atoms with Crippen molar-refractivity contribution >= 4 is 22.6 Å². The smallest absolute Gasteiger partial charge is 0.197 e. The summed E-state index contributed by atoms with van der Waals surface area (Å²) >= 11 is 6.21. The van der Waals surface area contributed by atoms with Gasteiger partial charge in [0.1, 0.15) is 28.2 Å². The van der Waals surface area contributed by atoms with Crippen LogP contribution in [-0.4, -0.2) is 51.4 Å². The number of rotatable bonds is 2. The van der Waals surface area contributed by atoms with E-state index >= 15 is 0 Å². The molecule has 1 fully saturated rings. The molecule has 0 saturated carbocycles. The van der Waals surface area contributed by atoms with Gasteiger partial charge in [0.05, 0.1) is 16.7 Å². The minimum absolute atomic E-state index is 0.0392. The molecule has 0 unspecified atom stereocenters. The molecule has 1 aliphatic heterocycles. The van der Waals surface area contributed by atoms with E-state index in [9.17, 15) is 20.1 Å². The Morgan fingerprint density at radius 2 is 2.07 bits per heavy atom. The lowest BCUT2D eigenvalue weighted by Crippen LogP contribution is -2.40. The first-order valence-corrected chi connectivity index (χ1v) is 9.23. The summed E-state index contributed by atoms with van der Waals surface area (Å²) < 4.78 is 5.96. The lowest BCUT2D eigenvalue weighted by molar-refractivity contribution is 0.0630. The van der Waals surface area contributed by atoms with Crippen molar-refractivity contribution in [1.82, 2.24) is 9.88 Å². The summed E-state index contributed by atoms with van der Waals surface area (Å²) in [6, 6.07) is 3.93. The summed E-state index contributed by atoms with van der Waals surface area (Å²) in [6.07, 6.45) is 2.79. The second-order valence-electron chi connectivity index (χ2n) is 7.09. The fourth-order valence-electron chi connectivity index (χ4n) is 3.80. The first kappa shape index (κ1) is 18.7. The highest BCUT2D eigenvalue weighted by Crippen LogP contribution is 2.42. The molecule has 7 nitrogen and oxygen atoms in total. The van der Waals surface area contributed by atoms with Gasteiger partial charge in [-0.2, -0.15) is 0 Å². The van der Waals surface area contributed by atoms with E-state index in [0.29, 0.717) is 35.7 Å². The average Bonchev–Trinajstić information content (AvgIpc) is 2.63. The third-order valence-corrected chi connectivity index (χ3v) is 5.52. The van der Waals surface area contributed by atoms with Gasteiger partial charge in [0.25, 0.3) is 0 Å². The highest BCUT2D eigenvalue weighted by atomic mass is 35.5. The van der Waals surface area contributed by atoms with Crippen LogP contribution in [0.5, 0.6) is 11.5 Å². The summed E-state index contributed by atoms with van der Waals surface area (Å²) in [5, 5.41) is 31.7. The Balaban J connectivity index is 2.00. The number of aliphatic hydroxyl groups excluding tert-OH is 1. The molecule has 0 bridgehead atoms. The maximum atomic E-state index is 12.7. The van der Waals surface area contributed by atoms with E-state index in [1.807, 2.05) is 11.9 Å². The van der Waals surface area contributed by atoms with Crippen LogP contribution in [-0.2, 0) is 0 Å². The average molecular weight is 403 g/mol. The van der Waals surface area contributed by atoms with E-state index in [2.05, 4.69) is 4.98 Å². The molecule has 0 amide bonds. The third kappa shape index (κ3) is 3.11. The summed E-state index contributed by atoms with van der Waals surface area (Å²) in [7, 11) is 1.90. The molecule has 3 N–H and O–H groups in total. The predicted octanol–water partition coefficient (Wildman–Crippen LogP) is 2.70. The van der Waals surface area contributed by atoms with Gasteiger partial charge in [0, 0.05) is 42.6 Å². The Kier molecular flexibility index (Phi) is 4.74. The topological polar surface area (TPSA) is 107 Å². The number of hydrogen-bond acceptors (Lipinski definition) is 7. The van der Waals surface area contributed by atoms with Crippen LogP contribution >= 0.6 is 11.6 Å². The molecular formula is C20H19ClN2O5. The number of phenolic OH excluding ortho intramolecular Hbond substituents is 2. The second kappa shape index (κ2) is 7.09. The molecule has 2 aromatic heterocycles. The summed E-state index contributed by atoms with van der Waals surface area (Å²) in [5.41, 5.74) is 0.305. The summed E-state index contributed by atoms with van der Waals surface area (Å²) in [6.45, 7) is 1.13. The number of aliphatic hydroxyl groups is 1. The van der Waals surface area contributed by atoms with E-state index in [0.717, 1.165) is 6.07 Å². The molecule has 1 aliphatic rings. The standard InChI is InChI=1S/C20H19ClN2O5/c1-23-5-3-10(16(27)9-23)18-13(24)6-14(25)19-15(26)7-17(28-20(18)19)11-8-22-4-2-12(11)21/h2,4,6-8,10,16,24-25,27H,3,5,9H2,1H3/t10-,16+/m0/s1. The number of fused-ring (bicyclic) bond motifs is 1. The first-order chi connectivity index (χ1) is 13.4. The maximum Gasteiger partial charge on any atom is 0.197 e. The quantitative estimate of drug-likeness (QED) is 0.605. The number of halogens is 1. The van der Waals surface area contributed by atoms with Crippen LogP contribution in [0.4, 0.5) is 0 Å². The van der Waals surface area contributed by atoms with Gasteiger partial charge in [-0.3, -0.25) is 9.78 Å². The van der Waals surface area contributed by atoms with Crippen LogP contribution in [0.3, 0.4) is 0 Å². The zero-order chi connectivity index (χ0) is 20.0.